The molecule has 0 amide bonds. The Morgan fingerprint density at radius 2 is 1.88 bits per heavy atom. The lowest BCUT2D eigenvalue weighted by atomic mass is 10.0. The number of morpholine rings is 1. The van der Waals surface area contributed by atoms with Crippen LogP contribution >= 0.6 is 24.0 Å². The van der Waals surface area contributed by atoms with E-state index in [0.29, 0.717) is 0 Å². The molecule has 2 unspecified atom stereocenters. The molecule has 0 radical (unpaired) electrons. The molecular formula is C25H44IN5O2. The van der Waals surface area contributed by atoms with Gasteiger partial charge in [-0.25, -0.2) is 0 Å². The highest BCUT2D eigenvalue weighted by Crippen LogP contribution is 2.23. The zero-order chi connectivity index (χ0) is 22.6. The van der Waals surface area contributed by atoms with Crippen molar-refractivity contribution in [3.8, 4) is 5.75 Å². The molecule has 2 fully saturated rings. The van der Waals surface area contributed by atoms with Crippen molar-refractivity contribution in [2.45, 2.75) is 51.1 Å². The minimum absolute atomic E-state index is 0. The zero-order valence-electron chi connectivity index (χ0n) is 20.7. The molecule has 2 saturated heterocycles. The maximum atomic E-state index is 5.57. The summed E-state index contributed by atoms with van der Waals surface area (Å²) < 4.78 is 10.9. The van der Waals surface area contributed by atoms with Crippen LogP contribution in [0.4, 0.5) is 0 Å². The molecule has 2 atom stereocenters. The van der Waals surface area contributed by atoms with Gasteiger partial charge in [-0.15, -0.1) is 24.0 Å². The molecule has 188 valence electrons. The predicted octanol–water partition coefficient (Wildman–Crippen LogP) is 3.51. The highest BCUT2D eigenvalue weighted by Gasteiger charge is 2.23. The smallest absolute Gasteiger partial charge is 0.191 e. The van der Waals surface area contributed by atoms with Crippen LogP contribution in [0.1, 0.15) is 50.6 Å². The first-order valence-corrected chi connectivity index (χ1v) is 12.4. The van der Waals surface area contributed by atoms with Gasteiger partial charge in [-0.05, 0) is 63.4 Å². The number of ether oxygens (including phenoxy) is 2. The number of piperidine rings is 1. The number of aliphatic imine (C=N–C) groups is 1. The highest BCUT2D eigenvalue weighted by atomic mass is 127. The average molecular weight is 574 g/mol. The van der Waals surface area contributed by atoms with Gasteiger partial charge in [-0.2, -0.15) is 0 Å². The number of halogens is 1. The Morgan fingerprint density at radius 3 is 2.55 bits per heavy atom. The van der Waals surface area contributed by atoms with Gasteiger partial charge in [0.2, 0.25) is 0 Å². The summed E-state index contributed by atoms with van der Waals surface area (Å²) in [5.74, 6) is 1.77. The fraction of sp³-hybridized carbons (Fsp3) is 0.720. The number of likely N-dealkylation sites (tertiary alicyclic amines) is 1. The standard InChI is InChI=1S/C25H43N5O2.HI/c1-21-8-4-6-14-29(21)15-7-5-13-27-25(26-2)28-20-24(30-16-18-32-19-17-30)22-9-11-23(31-3)12-10-22;/h9-12,21,24H,4-8,13-20H2,1-3H3,(H2,26,27,28);1H. The van der Waals surface area contributed by atoms with E-state index < -0.39 is 0 Å². The monoisotopic (exact) mass is 573 g/mol. The van der Waals surface area contributed by atoms with Gasteiger partial charge in [0.05, 0.1) is 26.4 Å². The number of hydrogen-bond donors (Lipinski definition) is 2. The van der Waals surface area contributed by atoms with E-state index in [1.807, 2.05) is 19.2 Å². The first-order valence-electron chi connectivity index (χ1n) is 12.4. The first kappa shape index (κ1) is 28.1. The number of hydrogen-bond acceptors (Lipinski definition) is 5. The number of nitrogens with one attached hydrogen (secondary N) is 2. The van der Waals surface area contributed by atoms with Gasteiger partial charge in [-0.1, -0.05) is 18.6 Å². The molecule has 2 N–H and O–H groups in total. The van der Waals surface area contributed by atoms with Crippen LogP contribution in [0.3, 0.4) is 0 Å². The van der Waals surface area contributed by atoms with Gasteiger partial charge >= 0.3 is 0 Å². The van der Waals surface area contributed by atoms with E-state index in [4.69, 9.17) is 9.47 Å². The summed E-state index contributed by atoms with van der Waals surface area (Å²) in [7, 11) is 3.56. The minimum Gasteiger partial charge on any atom is -0.497 e. The van der Waals surface area contributed by atoms with E-state index >= 15 is 0 Å². The zero-order valence-corrected chi connectivity index (χ0v) is 23.1. The molecule has 2 aliphatic rings. The first-order chi connectivity index (χ1) is 15.7. The Kier molecular flexibility index (Phi) is 13.4. The van der Waals surface area contributed by atoms with Crippen LogP contribution in [0, 0.1) is 0 Å². The molecule has 0 aliphatic carbocycles. The Morgan fingerprint density at radius 1 is 1.12 bits per heavy atom. The predicted molar refractivity (Wildman–Crippen MR) is 147 cm³/mol. The van der Waals surface area contributed by atoms with Crippen LogP contribution in [0.25, 0.3) is 0 Å². The van der Waals surface area contributed by atoms with Gasteiger partial charge in [0.15, 0.2) is 5.96 Å². The molecule has 0 saturated carbocycles. The van der Waals surface area contributed by atoms with Gasteiger partial charge in [-0.3, -0.25) is 9.89 Å². The molecule has 2 aliphatic heterocycles. The molecule has 33 heavy (non-hydrogen) atoms. The normalized spacial score (nSPS) is 21.2. The lowest BCUT2D eigenvalue weighted by molar-refractivity contribution is 0.0170. The molecule has 3 rings (SSSR count). The molecule has 8 heteroatoms. The van der Waals surface area contributed by atoms with E-state index in [2.05, 4.69) is 44.5 Å². The second-order valence-electron chi connectivity index (χ2n) is 8.91. The Balaban J connectivity index is 0.00000385. The third kappa shape index (κ3) is 9.22. The topological polar surface area (TPSA) is 61.4 Å². The van der Waals surface area contributed by atoms with Crippen molar-refractivity contribution in [3.63, 3.8) is 0 Å². The molecule has 1 aromatic carbocycles. The fourth-order valence-electron chi connectivity index (χ4n) is 4.72. The molecule has 0 bridgehead atoms. The molecule has 7 nitrogen and oxygen atoms in total. The molecule has 0 spiro atoms. The van der Waals surface area contributed by atoms with Gasteiger partial charge in [0, 0.05) is 39.3 Å². The summed E-state index contributed by atoms with van der Waals surface area (Å²) in [6.45, 7) is 10.1. The van der Waals surface area contributed by atoms with Crippen LogP contribution in [0.2, 0.25) is 0 Å². The minimum atomic E-state index is 0. The maximum Gasteiger partial charge on any atom is 0.191 e. The van der Waals surface area contributed by atoms with E-state index in [-0.39, 0.29) is 30.0 Å². The van der Waals surface area contributed by atoms with Crippen molar-refractivity contribution >= 4 is 29.9 Å². The fourth-order valence-corrected chi connectivity index (χ4v) is 4.72. The second-order valence-corrected chi connectivity index (χ2v) is 8.91. The summed E-state index contributed by atoms with van der Waals surface area (Å²) in [6.07, 6.45) is 6.50. The van der Waals surface area contributed by atoms with Crippen molar-refractivity contribution < 1.29 is 9.47 Å². The number of rotatable bonds is 10. The van der Waals surface area contributed by atoms with Crippen LogP contribution in [-0.4, -0.2) is 88.4 Å². The molecule has 1 aromatic rings. The quantitative estimate of drug-likeness (QED) is 0.194. The Bertz CT molecular complexity index is 682. The van der Waals surface area contributed by atoms with Crippen molar-refractivity contribution in [1.29, 1.82) is 0 Å². The summed E-state index contributed by atoms with van der Waals surface area (Å²) in [5.41, 5.74) is 1.28. The number of unbranched alkanes of at least 4 members (excludes halogenated alkanes) is 1. The Hall–Kier alpha value is -1.10. The van der Waals surface area contributed by atoms with E-state index in [1.54, 1.807) is 7.11 Å². The molecule has 0 aromatic heterocycles. The second kappa shape index (κ2) is 15.7. The van der Waals surface area contributed by atoms with Crippen LogP contribution in [-0.2, 0) is 4.74 Å². The van der Waals surface area contributed by atoms with Crippen molar-refractivity contribution in [1.82, 2.24) is 20.4 Å². The van der Waals surface area contributed by atoms with Gasteiger partial charge < -0.3 is 25.0 Å². The third-order valence-electron chi connectivity index (χ3n) is 6.78. The van der Waals surface area contributed by atoms with E-state index in [1.165, 1.54) is 44.3 Å². The lowest BCUT2D eigenvalue weighted by Crippen LogP contribution is -2.46. The van der Waals surface area contributed by atoms with Crippen molar-refractivity contribution in [2.75, 3.05) is 66.6 Å². The summed E-state index contributed by atoms with van der Waals surface area (Å²) in [6, 6.07) is 9.43. The van der Waals surface area contributed by atoms with Crippen molar-refractivity contribution in [2.24, 2.45) is 4.99 Å². The highest BCUT2D eigenvalue weighted by molar-refractivity contribution is 14.0. The number of guanidine groups is 1. The van der Waals surface area contributed by atoms with E-state index in [9.17, 15) is 0 Å². The number of methoxy groups -OCH3 is 1. The van der Waals surface area contributed by atoms with E-state index in [0.717, 1.165) is 63.6 Å². The summed E-state index contributed by atoms with van der Waals surface area (Å²) in [4.78, 5) is 9.59. The maximum absolute atomic E-state index is 5.57. The van der Waals surface area contributed by atoms with Gasteiger partial charge in [0.25, 0.3) is 0 Å². The Labute approximate surface area is 217 Å². The van der Waals surface area contributed by atoms with Crippen LogP contribution in [0.15, 0.2) is 29.3 Å². The summed E-state index contributed by atoms with van der Waals surface area (Å²) >= 11 is 0. The number of nitrogens with zero attached hydrogens (tertiary/aromatic N) is 3. The SMILES string of the molecule is CN=C(NCCCCN1CCCCC1C)NCC(c1ccc(OC)cc1)N1CCOCC1.I. The largest absolute Gasteiger partial charge is 0.497 e. The van der Waals surface area contributed by atoms with Crippen molar-refractivity contribution in [3.05, 3.63) is 29.8 Å². The summed E-state index contributed by atoms with van der Waals surface area (Å²) in [5, 5.41) is 7.06. The number of benzene rings is 1. The van der Waals surface area contributed by atoms with Crippen LogP contribution < -0.4 is 15.4 Å². The lowest BCUT2D eigenvalue weighted by Gasteiger charge is -2.35. The average Bonchev–Trinajstić information content (AvgIpc) is 2.84. The third-order valence-corrected chi connectivity index (χ3v) is 6.78. The van der Waals surface area contributed by atoms with Gasteiger partial charge in [0.1, 0.15) is 5.75 Å². The molecular weight excluding hydrogens is 529 g/mol. The molecule has 2 heterocycles. The van der Waals surface area contributed by atoms with Crippen LogP contribution in [0.5, 0.6) is 5.75 Å².